The average molecular weight is 436 g/mol. The van der Waals surface area contributed by atoms with Gasteiger partial charge in [0, 0.05) is 0 Å². The summed E-state index contributed by atoms with van der Waals surface area (Å²) in [6.45, 7) is 0. The number of methoxy groups -OCH3 is 1. The van der Waals surface area contributed by atoms with E-state index in [9.17, 15) is 10.1 Å². The van der Waals surface area contributed by atoms with Crippen LogP contribution < -0.4 is 15.9 Å². The zero-order chi connectivity index (χ0) is 22.4. The van der Waals surface area contributed by atoms with Crippen molar-refractivity contribution in [3.63, 3.8) is 0 Å². The molecular formula is C28H23NO2P+. The molecule has 0 aliphatic rings. The minimum atomic E-state index is -2.32. The van der Waals surface area contributed by atoms with Crippen molar-refractivity contribution in [3.05, 3.63) is 126 Å². The minimum Gasteiger partial charge on any atom is -0.465 e. The number of rotatable bonds is 6. The largest absolute Gasteiger partial charge is 0.465 e. The molecule has 0 atom stereocenters. The summed E-state index contributed by atoms with van der Waals surface area (Å²) in [5.41, 5.74) is 2.26. The van der Waals surface area contributed by atoms with Crippen LogP contribution in [0.1, 0.15) is 21.5 Å². The van der Waals surface area contributed by atoms with Gasteiger partial charge in [0.05, 0.1) is 24.9 Å². The summed E-state index contributed by atoms with van der Waals surface area (Å²) in [4.78, 5) is 12.8. The Morgan fingerprint density at radius 3 is 2.00 bits per heavy atom. The molecule has 4 rings (SSSR count). The molecule has 0 fully saturated rings. The monoisotopic (exact) mass is 436 g/mol. The molecule has 0 amide bonds. The average Bonchev–Trinajstić information content (AvgIpc) is 2.88. The lowest BCUT2D eigenvalue weighted by molar-refractivity contribution is 0.0602. The van der Waals surface area contributed by atoms with Gasteiger partial charge in [-0.05, 0) is 54.1 Å². The molecule has 32 heavy (non-hydrogen) atoms. The van der Waals surface area contributed by atoms with E-state index in [1.54, 1.807) is 0 Å². The molecule has 4 aromatic carbocycles. The fourth-order valence-corrected chi connectivity index (χ4v) is 8.58. The molecule has 156 valence electrons. The highest BCUT2D eigenvalue weighted by atomic mass is 31.2. The lowest BCUT2D eigenvalue weighted by Gasteiger charge is -2.29. The third-order valence-electron chi connectivity index (χ3n) is 5.59. The number of ether oxygens (including phenoxy) is 1. The quantitative estimate of drug-likeness (QED) is 0.321. The van der Waals surface area contributed by atoms with Crippen molar-refractivity contribution < 1.29 is 9.53 Å². The van der Waals surface area contributed by atoms with Crippen molar-refractivity contribution in [2.24, 2.45) is 0 Å². The molecule has 0 aromatic heterocycles. The Morgan fingerprint density at radius 2 is 1.41 bits per heavy atom. The fraction of sp³-hybridized carbons (Fsp3) is 0.0714. The van der Waals surface area contributed by atoms with Crippen LogP contribution in [0.2, 0.25) is 0 Å². The number of carbonyl (C=O) groups is 1. The molecule has 0 aliphatic heterocycles. The van der Waals surface area contributed by atoms with Gasteiger partial charge in [-0.2, -0.15) is 5.26 Å². The first kappa shape index (κ1) is 21.5. The van der Waals surface area contributed by atoms with Gasteiger partial charge in [-0.1, -0.05) is 60.7 Å². The first-order valence-electron chi connectivity index (χ1n) is 10.4. The van der Waals surface area contributed by atoms with Crippen molar-refractivity contribution in [2.45, 2.75) is 6.16 Å². The Bertz CT molecular complexity index is 1220. The maximum Gasteiger partial charge on any atom is 0.341 e. The highest BCUT2D eigenvalue weighted by molar-refractivity contribution is 7.95. The molecule has 0 unspecified atom stereocenters. The number of hydrogen-bond donors (Lipinski definition) is 0. The van der Waals surface area contributed by atoms with Gasteiger partial charge in [0.25, 0.3) is 0 Å². The normalized spacial score (nSPS) is 10.9. The molecular weight excluding hydrogens is 413 g/mol. The Kier molecular flexibility index (Phi) is 6.45. The molecule has 0 bridgehead atoms. The van der Waals surface area contributed by atoms with E-state index in [-0.39, 0.29) is 5.97 Å². The van der Waals surface area contributed by atoms with Crippen molar-refractivity contribution in [2.75, 3.05) is 7.11 Å². The summed E-state index contributed by atoms with van der Waals surface area (Å²) in [6, 6.07) is 38.5. The summed E-state index contributed by atoms with van der Waals surface area (Å²) in [5.74, 6) is -0.345. The van der Waals surface area contributed by atoms with E-state index in [0.717, 1.165) is 10.9 Å². The maximum atomic E-state index is 12.8. The van der Waals surface area contributed by atoms with Crippen LogP contribution in [-0.2, 0) is 10.9 Å². The first-order valence-corrected chi connectivity index (χ1v) is 12.3. The number of hydrogen-bond acceptors (Lipinski definition) is 3. The van der Waals surface area contributed by atoms with Crippen molar-refractivity contribution in [3.8, 4) is 6.07 Å². The van der Waals surface area contributed by atoms with Crippen LogP contribution in [0.5, 0.6) is 0 Å². The second-order valence-corrected chi connectivity index (χ2v) is 10.9. The van der Waals surface area contributed by atoms with Crippen molar-refractivity contribution in [1.82, 2.24) is 0 Å². The van der Waals surface area contributed by atoms with Crippen LogP contribution in [0.3, 0.4) is 0 Å². The van der Waals surface area contributed by atoms with Crippen LogP contribution in [0.15, 0.2) is 109 Å². The van der Waals surface area contributed by atoms with Gasteiger partial charge >= 0.3 is 5.97 Å². The molecule has 4 heteroatoms. The molecule has 3 nitrogen and oxygen atoms in total. The number of nitrogens with zero attached hydrogens (tertiary/aromatic N) is 1. The Balaban J connectivity index is 2.08. The smallest absolute Gasteiger partial charge is 0.341 e. The van der Waals surface area contributed by atoms with Crippen LogP contribution in [0.25, 0.3) is 0 Å². The predicted molar refractivity (Wildman–Crippen MR) is 131 cm³/mol. The molecule has 0 radical (unpaired) electrons. The number of benzene rings is 4. The van der Waals surface area contributed by atoms with E-state index in [1.807, 2.05) is 78.9 Å². The van der Waals surface area contributed by atoms with Gasteiger partial charge in [0.15, 0.2) is 0 Å². The zero-order valence-corrected chi connectivity index (χ0v) is 18.7. The lowest BCUT2D eigenvalue weighted by Crippen LogP contribution is -2.35. The molecule has 0 aliphatic carbocycles. The standard InChI is InChI=1S/C28H23NO2P/c1-31-28(30)26-17-8-9-18-27(26)32(24-13-4-2-5-14-24,25-15-6-3-7-16-25)21-23-12-10-11-22(19-23)20-29/h2-19H,21H2,1H3/q+1. The molecule has 4 aromatic rings. The van der Waals surface area contributed by atoms with Crippen LogP contribution >= 0.6 is 7.26 Å². The van der Waals surface area contributed by atoms with Gasteiger partial charge in [0.1, 0.15) is 28.7 Å². The minimum absolute atomic E-state index is 0.345. The molecule has 0 N–H and O–H groups in total. The van der Waals surface area contributed by atoms with E-state index in [0.29, 0.717) is 17.3 Å². The van der Waals surface area contributed by atoms with Gasteiger partial charge in [0.2, 0.25) is 0 Å². The van der Waals surface area contributed by atoms with Gasteiger partial charge in [-0.3, -0.25) is 0 Å². The Labute approximate surface area is 189 Å². The molecule has 0 saturated heterocycles. The topological polar surface area (TPSA) is 50.1 Å². The number of nitriles is 1. The maximum absolute atomic E-state index is 12.8. The zero-order valence-electron chi connectivity index (χ0n) is 17.8. The van der Waals surface area contributed by atoms with E-state index >= 15 is 0 Å². The summed E-state index contributed by atoms with van der Waals surface area (Å²) in [7, 11) is -0.903. The Morgan fingerprint density at radius 1 is 0.812 bits per heavy atom. The summed E-state index contributed by atoms with van der Waals surface area (Å²) in [5, 5.41) is 12.8. The van der Waals surface area contributed by atoms with Crippen molar-refractivity contribution in [1.29, 1.82) is 5.26 Å². The van der Waals surface area contributed by atoms with E-state index in [4.69, 9.17) is 4.74 Å². The molecule has 0 spiro atoms. The van der Waals surface area contributed by atoms with E-state index in [1.165, 1.54) is 17.7 Å². The highest BCUT2D eigenvalue weighted by Gasteiger charge is 2.47. The second-order valence-electron chi connectivity index (χ2n) is 7.46. The highest BCUT2D eigenvalue weighted by Crippen LogP contribution is 2.58. The SMILES string of the molecule is COC(=O)c1ccccc1[P+](Cc1cccc(C#N)c1)(c1ccccc1)c1ccccc1. The first-order chi connectivity index (χ1) is 15.7. The summed E-state index contributed by atoms with van der Waals surface area (Å²) < 4.78 is 5.17. The number of esters is 1. The van der Waals surface area contributed by atoms with Crippen molar-refractivity contribution >= 4 is 29.1 Å². The van der Waals surface area contributed by atoms with E-state index < -0.39 is 7.26 Å². The van der Waals surface area contributed by atoms with Crippen LogP contribution in [0, 0.1) is 11.3 Å². The summed E-state index contributed by atoms with van der Waals surface area (Å²) >= 11 is 0. The van der Waals surface area contributed by atoms with Gasteiger partial charge in [-0.25, -0.2) is 4.79 Å². The van der Waals surface area contributed by atoms with Gasteiger partial charge < -0.3 is 4.74 Å². The van der Waals surface area contributed by atoms with Crippen LogP contribution in [0.4, 0.5) is 0 Å². The lowest BCUT2D eigenvalue weighted by atomic mass is 10.2. The predicted octanol–water partition coefficient (Wildman–Crippen LogP) is 4.84. The molecule has 0 heterocycles. The fourth-order valence-electron chi connectivity index (χ4n) is 4.16. The van der Waals surface area contributed by atoms with Gasteiger partial charge in [-0.15, -0.1) is 0 Å². The molecule has 0 saturated carbocycles. The van der Waals surface area contributed by atoms with Crippen LogP contribution in [-0.4, -0.2) is 13.1 Å². The second kappa shape index (κ2) is 9.60. The Hall–Kier alpha value is -3.73. The summed E-state index contributed by atoms with van der Waals surface area (Å²) in [6.07, 6.45) is 0.685. The third kappa shape index (κ3) is 4.06. The van der Waals surface area contributed by atoms with E-state index in [2.05, 4.69) is 36.4 Å². The third-order valence-corrected chi connectivity index (χ3v) is 10.0. The number of carbonyl (C=O) groups excluding carboxylic acids is 1.